The fourth-order valence-electron chi connectivity index (χ4n) is 1.34. The summed E-state index contributed by atoms with van der Waals surface area (Å²) in [6.45, 7) is 3.84. The standard InChI is InChI=1S/C12H12ClN3O/c1-3-11-15-10(13)7-12(16-11)17-9-5-4-6-14-8(9)2/h4-7H,3H2,1-2H3. The molecule has 2 aromatic heterocycles. The Morgan fingerprint density at radius 1 is 1.35 bits per heavy atom. The van der Waals surface area contributed by atoms with Crippen molar-refractivity contribution in [2.24, 2.45) is 0 Å². The quantitative estimate of drug-likeness (QED) is 0.784. The van der Waals surface area contributed by atoms with Gasteiger partial charge < -0.3 is 4.74 Å². The smallest absolute Gasteiger partial charge is 0.224 e. The van der Waals surface area contributed by atoms with Gasteiger partial charge in [0.1, 0.15) is 11.0 Å². The third kappa shape index (κ3) is 2.91. The summed E-state index contributed by atoms with van der Waals surface area (Å²) in [5, 5.41) is 0.383. The number of nitrogens with zero attached hydrogens (tertiary/aromatic N) is 3. The third-order valence-electron chi connectivity index (χ3n) is 2.21. The third-order valence-corrected chi connectivity index (χ3v) is 2.40. The number of hydrogen-bond donors (Lipinski definition) is 0. The summed E-state index contributed by atoms with van der Waals surface area (Å²) in [4.78, 5) is 12.5. The van der Waals surface area contributed by atoms with Crippen LogP contribution in [0.5, 0.6) is 11.6 Å². The second-order valence-corrected chi connectivity index (χ2v) is 3.87. The van der Waals surface area contributed by atoms with Crippen LogP contribution >= 0.6 is 11.6 Å². The number of ether oxygens (including phenoxy) is 1. The van der Waals surface area contributed by atoms with Crippen LogP contribution in [0.3, 0.4) is 0 Å². The first-order chi connectivity index (χ1) is 8.19. The lowest BCUT2D eigenvalue weighted by Gasteiger charge is -2.07. The molecule has 5 heteroatoms. The predicted octanol–water partition coefficient (Wildman–Crippen LogP) is 3.19. The molecule has 0 aromatic carbocycles. The fraction of sp³-hybridized carbons (Fsp3) is 0.250. The van der Waals surface area contributed by atoms with Crippen LogP contribution in [0, 0.1) is 6.92 Å². The molecular formula is C12H12ClN3O. The van der Waals surface area contributed by atoms with Gasteiger partial charge in [0, 0.05) is 18.7 Å². The van der Waals surface area contributed by atoms with Gasteiger partial charge in [-0.05, 0) is 19.1 Å². The van der Waals surface area contributed by atoms with Crippen molar-refractivity contribution >= 4 is 11.6 Å². The Balaban J connectivity index is 2.30. The van der Waals surface area contributed by atoms with Gasteiger partial charge in [0.2, 0.25) is 5.88 Å². The van der Waals surface area contributed by atoms with E-state index >= 15 is 0 Å². The summed E-state index contributed by atoms with van der Waals surface area (Å²) in [5.41, 5.74) is 0.806. The average molecular weight is 250 g/mol. The Morgan fingerprint density at radius 2 is 2.18 bits per heavy atom. The van der Waals surface area contributed by atoms with Crippen LogP contribution in [-0.2, 0) is 6.42 Å². The molecule has 0 bridgehead atoms. The first kappa shape index (κ1) is 11.8. The van der Waals surface area contributed by atoms with E-state index in [1.165, 1.54) is 0 Å². The van der Waals surface area contributed by atoms with Crippen molar-refractivity contribution < 1.29 is 4.74 Å². The molecule has 4 nitrogen and oxygen atoms in total. The van der Waals surface area contributed by atoms with Crippen LogP contribution in [0.15, 0.2) is 24.4 Å². The zero-order valence-electron chi connectivity index (χ0n) is 9.64. The molecule has 0 saturated carbocycles. The predicted molar refractivity (Wildman–Crippen MR) is 65.5 cm³/mol. The van der Waals surface area contributed by atoms with E-state index < -0.39 is 0 Å². The van der Waals surface area contributed by atoms with Gasteiger partial charge in [-0.15, -0.1) is 0 Å². The van der Waals surface area contributed by atoms with E-state index in [1.807, 2.05) is 26.0 Å². The molecule has 0 radical (unpaired) electrons. The molecule has 0 unspecified atom stereocenters. The van der Waals surface area contributed by atoms with Gasteiger partial charge in [0.05, 0.1) is 5.69 Å². The topological polar surface area (TPSA) is 47.9 Å². The molecule has 0 N–H and O–H groups in total. The van der Waals surface area contributed by atoms with Gasteiger partial charge in [0.15, 0.2) is 5.75 Å². The van der Waals surface area contributed by atoms with E-state index in [2.05, 4.69) is 15.0 Å². The summed E-state index contributed by atoms with van der Waals surface area (Å²) in [7, 11) is 0. The molecule has 17 heavy (non-hydrogen) atoms. The van der Waals surface area contributed by atoms with Crippen molar-refractivity contribution in [2.75, 3.05) is 0 Å². The number of rotatable bonds is 3. The minimum Gasteiger partial charge on any atom is -0.437 e. The molecule has 2 aromatic rings. The lowest BCUT2D eigenvalue weighted by molar-refractivity contribution is 0.452. The monoisotopic (exact) mass is 249 g/mol. The first-order valence-corrected chi connectivity index (χ1v) is 5.69. The van der Waals surface area contributed by atoms with Crippen molar-refractivity contribution in [1.29, 1.82) is 0 Å². The normalized spacial score (nSPS) is 10.3. The molecule has 88 valence electrons. The number of halogens is 1. The molecular weight excluding hydrogens is 238 g/mol. The van der Waals surface area contributed by atoms with Crippen molar-refractivity contribution in [2.45, 2.75) is 20.3 Å². The molecule has 2 heterocycles. The number of aryl methyl sites for hydroxylation is 2. The van der Waals surface area contributed by atoms with Gasteiger partial charge in [-0.1, -0.05) is 18.5 Å². The largest absolute Gasteiger partial charge is 0.437 e. The summed E-state index contributed by atoms with van der Waals surface area (Å²) in [5.74, 6) is 1.77. The Morgan fingerprint density at radius 3 is 2.88 bits per heavy atom. The summed E-state index contributed by atoms with van der Waals surface area (Å²) in [6.07, 6.45) is 2.43. The van der Waals surface area contributed by atoms with Crippen molar-refractivity contribution in [3.05, 3.63) is 41.1 Å². The van der Waals surface area contributed by atoms with Crippen LogP contribution in [0.2, 0.25) is 5.15 Å². The zero-order chi connectivity index (χ0) is 12.3. The number of pyridine rings is 1. The van der Waals surface area contributed by atoms with Crippen LogP contribution in [0.1, 0.15) is 18.4 Å². The minimum atomic E-state index is 0.383. The molecule has 0 saturated heterocycles. The molecule has 0 spiro atoms. The highest BCUT2D eigenvalue weighted by atomic mass is 35.5. The molecule has 2 rings (SSSR count). The Hall–Kier alpha value is -1.68. The second kappa shape index (κ2) is 5.10. The summed E-state index contributed by atoms with van der Waals surface area (Å²) in [6, 6.07) is 5.24. The molecule has 0 aliphatic carbocycles. The van der Waals surface area contributed by atoms with Crippen LogP contribution < -0.4 is 4.74 Å². The van der Waals surface area contributed by atoms with Gasteiger partial charge >= 0.3 is 0 Å². The summed E-state index contributed by atoms with van der Waals surface area (Å²) >= 11 is 5.89. The van der Waals surface area contributed by atoms with Crippen molar-refractivity contribution in [1.82, 2.24) is 15.0 Å². The van der Waals surface area contributed by atoms with Crippen molar-refractivity contribution in [3.8, 4) is 11.6 Å². The van der Waals surface area contributed by atoms with E-state index in [-0.39, 0.29) is 0 Å². The SMILES string of the molecule is CCc1nc(Cl)cc(Oc2cccnc2C)n1. The average Bonchev–Trinajstić information content (AvgIpc) is 2.31. The highest BCUT2D eigenvalue weighted by Crippen LogP contribution is 2.23. The molecule has 0 amide bonds. The van der Waals surface area contributed by atoms with E-state index in [0.717, 1.165) is 5.69 Å². The number of hydrogen-bond acceptors (Lipinski definition) is 4. The summed E-state index contributed by atoms with van der Waals surface area (Å²) < 4.78 is 5.63. The van der Waals surface area contributed by atoms with E-state index in [9.17, 15) is 0 Å². The lowest BCUT2D eigenvalue weighted by atomic mass is 10.3. The molecule has 0 fully saturated rings. The zero-order valence-corrected chi connectivity index (χ0v) is 10.4. The van der Waals surface area contributed by atoms with Gasteiger partial charge in [-0.2, -0.15) is 4.98 Å². The Labute approximate surface area is 105 Å². The second-order valence-electron chi connectivity index (χ2n) is 3.49. The van der Waals surface area contributed by atoms with Crippen LogP contribution in [0.4, 0.5) is 0 Å². The van der Waals surface area contributed by atoms with Gasteiger partial charge in [-0.3, -0.25) is 4.98 Å². The van der Waals surface area contributed by atoms with Crippen LogP contribution in [-0.4, -0.2) is 15.0 Å². The number of aromatic nitrogens is 3. The molecule has 0 atom stereocenters. The fourth-order valence-corrected chi connectivity index (χ4v) is 1.53. The van der Waals surface area contributed by atoms with Gasteiger partial charge in [-0.25, -0.2) is 4.98 Å². The molecule has 0 aliphatic rings. The minimum absolute atomic E-state index is 0.383. The van der Waals surface area contributed by atoms with Crippen LogP contribution in [0.25, 0.3) is 0 Å². The maximum absolute atomic E-state index is 5.89. The van der Waals surface area contributed by atoms with E-state index in [0.29, 0.717) is 29.0 Å². The Kier molecular flexibility index (Phi) is 3.54. The highest BCUT2D eigenvalue weighted by Gasteiger charge is 2.06. The lowest BCUT2D eigenvalue weighted by Crippen LogP contribution is -1.97. The maximum atomic E-state index is 5.89. The van der Waals surface area contributed by atoms with Crippen molar-refractivity contribution in [3.63, 3.8) is 0 Å². The van der Waals surface area contributed by atoms with Gasteiger partial charge in [0.25, 0.3) is 0 Å². The molecule has 0 aliphatic heterocycles. The van der Waals surface area contributed by atoms with E-state index in [4.69, 9.17) is 16.3 Å². The Bertz CT molecular complexity index is 531. The first-order valence-electron chi connectivity index (χ1n) is 5.32. The van der Waals surface area contributed by atoms with E-state index in [1.54, 1.807) is 12.3 Å². The maximum Gasteiger partial charge on any atom is 0.224 e. The highest BCUT2D eigenvalue weighted by molar-refractivity contribution is 6.29.